The van der Waals surface area contributed by atoms with Crippen molar-refractivity contribution in [3.8, 4) is 11.4 Å². The molecule has 0 aliphatic rings. The zero-order valence-corrected chi connectivity index (χ0v) is 15.5. The fraction of sp³-hybridized carbons (Fsp3) is 0.176. The van der Waals surface area contributed by atoms with Crippen LogP contribution >= 0.6 is 0 Å². The second-order valence-electron chi connectivity index (χ2n) is 6.26. The average molecular weight is 378 g/mol. The molecule has 0 unspecified atom stereocenters. The fourth-order valence-corrected chi connectivity index (χ4v) is 2.78. The van der Waals surface area contributed by atoms with Crippen LogP contribution in [0, 0.1) is 6.92 Å². The highest BCUT2D eigenvalue weighted by Crippen LogP contribution is 2.30. The third-order valence-electron chi connectivity index (χ3n) is 3.95. The number of rotatable bonds is 3. The van der Waals surface area contributed by atoms with Crippen LogP contribution in [0.1, 0.15) is 5.82 Å². The zero-order chi connectivity index (χ0) is 19.8. The van der Waals surface area contributed by atoms with Crippen molar-refractivity contribution in [2.45, 2.75) is 6.92 Å². The van der Waals surface area contributed by atoms with Crippen molar-refractivity contribution in [3.05, 3.63) is 42.5 Å². The first kappa shape index (κ1) is 17.4. The summed E-state index contributed by atoms with van der Waals surface area (Å²) in [6.45, 7) is 1.76. The van der Waals surface area contributed by atoms with Gasteiger partial charge in [-0.25, -0.2) is 24.3 Å². The molecule has 3 N–H and O–H groups in total. The van der Waals surface area contributed by atoms with Gasteiger partial charge < -0.3 is 16.0 Å². The number of fused-ring (bicyclic) bond motifs is 1. The molecule has 0 saturated carbocycles. The van der Waals surface area contributed by atoms with E-state index in [4.69, 9.17) is 5.73 Å². The highest BCUT2D eigenvalue weighted by Gasteiger charge is 2.20. The molecule has 0 saturated heterocycles. The van der Waals surface area contributed by atoms with E-state index in [1.807, 2.05) is 6.07 Å². The molecule has 4 aromatic heterocycles. The number of carbonyl (C=O) groups is 1. The average Bonchev–Trinajstić information content (AvgIpc) is 3.24. The number of nitrogens with two attached hydrogens (primary N) is 1. The summed E-state index contributed by atoms with van der Waals surface area (Å²) in [5, 5.41) is 11.6. The minimum absolute atomic E-state index is 0.293. The molecule has 0 aliphatic carbocycles. The number of hydrogen-bond donors (Lipinski definition) is 2. The lowest BCUT2D eigenvalue weighted by atomic mass is 10.3. The minimum Gasteiger partial charge on any atom is -0.384 e. The van der Waals surface area contributed by atoms with Crippen molar-refractivity contribution in [1.29, 1.82) is 0 Å². The van der Waals surface area contributed by atoms with Crippen LogP contribution in [0.2, 0.25) is 0 Å². The van der Waals surface area contributed by atoms with Crippen LogP contribution in [0.25, 0.3) is 17.0 Å². The highest BCUT2D eigenvalue weighted by atomic mass is 16.2. The normalized spacial score (nSPS) is 11.0. The maximum absolute atomic E-state index is 12.3. The standard InChI is InChI=1S/C17H18N10O/c1-10-21-11(9-12(18)22-10)15-16(23-13-5-4-7-19-26(13)15)24-14-6-8-20-27(14)17(28)25(2)3/h4-9,24H,1-3H3,(H2,18,21,22). The predicted molar refractivity (Wildman–Crippen MR) is 103 cm³/mol. The van der Waals surface area contributed by atoms with Gasteiger partial charge in [0.05, 0.1) is 11.9 Å². The topological polar surface area (TPSA) is 132 Å². The monoisotopic (exact) mass is 378 g/mol. The van der Waals surface area contributed by atoms with Gasteiger partial charge in [0.25, 0.3) is 0 Å². The number of hydrogen-bond acceptors (Lipinski definition) is 8. The fourth-order valence-electron chi connectivity index (χ4n) is 2.78. The lowest BCUT2D eigenvalue weighted by molar-refractivity contribution is 0.216. The summed E-state index contributed by atoms with van der Waals surface area (Å²) in [5.41, 5.74) is 7.67. The van der Waals surface area contributed by atoms with Crippen LogP contribution in [0.5, 0.6) is 0 Å². The predicted octanol–water partition coefficient (Wildman–Crippen LogP) is 1.55. The lowest BCUT2D eigenvalue weighted by Gasteiger charge is -2.13. The van der Waals surface area contributed by atoms with E-state index in [-0.39, 0.29) is 6.03 Å². The van der Waals surface area contributed by atoms with E-state index in [0.717, 1.165) is 0 Å². The number of aryl methyl sites for hydroxylation is 1. The maximum atomic E-state index is 12.3. The van der Waals surface area contributed by atoms with Crippen LogP contribution in [-0.2, 0) is 0 Å². The molecule has 28 heavy (non-hydrogen) atoms. The van der Waals surface area contributed by atoms with Crippen molar-refractivity contribution in [2.24, 2.45) is 0 Å². The van der Waals surface area contributed by atoms with Crippen LogP contribution in [0.15, 0.2) is 36.7 Å². The van der Waals surface area contributed by atoms with Crippen molar-refractivity contribution >= 4 is 29.1 Å². The van der Waals surface area contributed by atoms with Gasteiger partial charge in [0.1, 0.15) is 23.2 Å². The number of nitrogen functional groups attached to an aromatic ring is 1. The Morgan fingerprint density at radius 3 is 2.71 bits per heavy atom. The van der Waals surface area contributed by atoms with Crippen LogP contribution in [0.4, 0.5) is 22.2 Å². The smallest absolute Gasteiger partial charge is 0.346 e. The van der Waals surface area contributed by atoms with E-state index in [1.54, 1.807) is 49.9 Å². The molecule has 0 spiro atoms. The van der Waals surface area contributed by atoms with Crippen molar-refractivity contribution in [1.82, 2.24) is 39.2 Å². The van der Waals surface area contributed by atoms with Crippen molar-refractivity contribution in [3.63, 3.8) is 0 Å². The maximum Gasteiger partial charge on any atom is 0.346 e. The van der Waals surface area contributed by atoms with Gasteiger partial charge in [-0.1, -0.05) is 0 Å². The number of nitrogens with one attached hydrogen (secondary N) is 1. The van der Waals surface area contributed by atoms with Gasteiger partial charge in [0.15, 0.2) is 11.5 Å². The van der Waals surface area contributed by atoms with Gasteiger partial charge in [-0.05, 0) is 19.1 Å². The molecule has 142 valence electrons. The summed E-state index contributed by atoms with van der Waals surface area (Å²) >= 11 is 0. The van der Waals surface area contributed by atoms with E-state index in [9.17, 15) is 4.79 Å². The van der Waals surface area contributed by atoms with Crippen molar-refractivity contribution < 1.29 is 4.79 Å². The number of aromatic nitrogens is 7. The molecule has 0 bridgehead atoms. The van der Waals surface area contributed by atoms with Gasteiger partial charge >= 0.3 is 6.03 Å². The molecule has 4 rings (SSSR count). The highest BCUT2D eigenvalue weighted by molar-refractivity contribution is 5.82. The Morgan fingerprint density at radius 2 is 1.96 bits per heavy atom. The van der Waals surface area contributed by atoms with Gasteiger partial charge in [-0.15, -0.1) is 0 Å². The Morgan fingerprint density at radius 1 is 1.14 bits per heavy atom. The molecule has 0 radical (unpaired) electrons. The minimum atomic E-state index is -0.293. The van der Waals surface area contributed by atoms with E-state index in [2.05, 4.69) is 30.5 Å². The molecule has 4 heterocycles. The van der Waals surface area contributed by atoms with Crippen molar-refractivity contribution in [2.75, 3.05) is 25.1 Å². The summed E-state index contributed by atoms with van der Waals surface area (Å²) < 4.78 is 2.90. The number of nitrogens with zero attached hydrogens (tertiary/aromatic N) is 8. The van der Waals surface area contributed by atoms with E-state index >= 15 is 0 Å². The zero-order valence-electron chi connectivity index (χ0n) is 15.5. The molecule has 0 atom stereocenters. The number of anilines is 3. The number of carbonyl (C=O) groups excluding carboxylic acids is 1. The Kier molecular flexibility index (Phi) is 4.11. The lowest BCUT2D eigenvalue weighted by Crippen LogP contribution is -2.28. The molecule has 11 heteroatoms. The van der Waals surface area contributed by atoms with Gasteiger partial charge in [0.2, 0.25) is 0 Å². The Labute approximate surface area is 159 Å². The second-order valence-corrected chi connectivity index (χ2v) is 6.26. The Bertz CT molecular complexity index is 1160. The molecular formula is C17H18N10O. The second kappa shape index (κ2) is 6.61. The van der Waals surface area contributed by atoms with Crippen LogP contribution < -0.4 is 11.1 Å². The summed E-state index contributed by atoms with van der Waals surface area (Å²) in [7, 11) is 3.31. The van der Waals surface area contributed by atoms with Crippen LogP contribution in [-0.4, -0.2) is 59.4 Å². The van der Waals surface area contributed by atoms with E-state index in [1.165, 1.54) is 15.8 Å². The summed E-state index contributed by atoms with van der Waals surface area (Å²) in [6, 6.07) is 6.65. The molecule has 1 amide bonds. The quantitative estimate of drug-likeness (QED) is 0.549. The van der Waals surface area contributed by atoms with Gasteiger partial charge in [-0.3, -0.25) is 0 Å². The number of amides is 1. The first-order valence-corrected chi connectivity index (χ1v) is 8.42. The van der Waals surface area contributed by atoms with Gasteiger partial charge in [-0.2, -0.15) is 14.9 Å². The third-order valence-corrected chi connectivity index (χ3v) is 3.95. The first-order valence-electron chi connectivity index (χ1n) is 8.42. The third kappa shape index (κ3) is 2.98. The van der Waals surface area contributed by atoms with E-state index < -0.39 is 0 Å². The molecule has 4 aromatic rings. The summed E-state index contributed by atoms with van der Waals surface area (Å²) in [6.07, 6.45) is 3.18. The Hall–Kier alpha value is -4.02. The summed E-state index contributed by atoms with van der Waals surface area (Å²) in [4.78, 5) is 27.0. The first-order chi connectivity index (χ1) is 13.4. The Balaban J connectivity index is 1.87. The summed E-state index contributed by atoms with van der Waals surface area (Å²) in [5.74, 6) is 1.79. The molecule has 0 aliphatic heterocycles. The van der Waals surface area contributed by atoms with Gasteiger partial charge in [0, 0.05) is 32.4 Å². The molecule has 11 nitrogen and oxygen atoms in total. The molecule has 0 aromatic carbocycles. The van der Waals surface area contributed by atoms with Crippen LogP contribution in [0.3, 0.4) is 0 Å². The molecular weight excluding hydrogens is 360 g/mol. The SMILES string of the molecule is Cc1nc(N)cc(-c2c(Nc3ccnn3C(=O)N(C)C)nc3cccnn23)n1. The molecule has 0 fully saturated rings. The largest absolute Gasteiger partial charge is 0.384 e. The van der Waals surface area contributed by atoms with E-state index in [0.29, 0.717) is 40.3 Å². The number of imidazole rings is 1.